The molecule has 5 heteroatoms. The molecule has 0 fully saturated rings. The average Bonchev–Trinajstić information content (AvgIpc) is 2.88. The van der Waals surface area contributed by atoms with Crippen molar-refractivity contribution in [3.8, 4) is 23.0 Å². The summed E-state index contributed by atoms with van der Waals surface area (Å²) in [6.45, 7) is 4.40. The number of phenolic OH excluding ortho intramolecular Hbond substituents is 2. The average molecular weight is 287 g/mol. The van der Waals surface area contributed by atoms with E-state index in [1.807, 2.05) is 19.9 Å². The van der Waals surface area contributed by atoms with Gasteiger partial charge in [0.05, 0.1) is 0 Å². The number of aromatic hydroxyl groups is 2. The highest BCUT2D eigenvalue weighted by atomic mass is 16.7. The van der Waals surface area contributed by atoms with Crippen molar-refractivity contribution in [3.05, 3.63) is 41.0 Å². The molecular weight excluding hydrogens is 270 g/mol. The molecule has 3 N–H and O–H groups in total. The van der Waals surface area contributed by atoms with E-state index in [1.165, 1.54) is 0 Å². The summed E-state index contributed by atoms with van der Waals surface area (Å²) in [7, 11) is 0. The quantitative estimate of drug-likeness (QED) is 0.757. The molecule has 1 heterocycles. The van der Waals surface area contributed by atoms with Gasteiger partial charge >= 0.3 is 0 Å². The molecule has 2 aromatic carbocycles. The van der Waals surface area contributed by atoms with Crippen molar-refractivity contribution in [2.45, 2.75) is 20.4 Å². The van der Waals surface area contributed by atoms with Gasteiger partial charge in [-0.1, -0.05) is 0 Å². The van der Waals surface area contributed by atoms with Crippen molar-refractivity contribution in [1.82, 2.24) is 0 Å². The van der Waals surface area contributed by atoms with Crippen molar-refractivity contribution in [2.24, 2.45) is 0 Å². The van der Waals surface area contributed by atoms with Gasteiger partial charge in [0.1, 0.15) is 11.5 Å². The first-order valence-electron chi connectivity index (χ1n) is 6.70. The van der Waals surface area contributed by atoms with Crippen LogP contribution in [0.15, 0.2) is 24.3 Å². The lowest BCUT2D eigenvalue weighted by Gasteiger charge is -2.13. The van der Waals surface area contributed by atoms with Gasteiger partial charge in [0.15, 0.2) is 11.5 Å². The molecule has 2 aromatic rings. The predicted molar refractivity (Wildman–Crippen MR) is 79.1 cm³/mol. The lowest BCUT2D eigenvalue weighted by atomic mass is 10.1. The Bertz CT molecular complexity index is 697. The van der Waals surface area contributed by atoms with Crippen molar-refractivity contribution in [3.63, 3.8) is 0 Å². The van der Waals surface area contributed by atoms with Crippen LogP contribution in [0.25, 0.3) is 0 Å². The zero-order valence-corrected chi connectivity index (χ0v) is 11.9. The maximum absolute atomic E-state index is 10.0. The standard InChI is InChI=1S/C16H17NO4/c1-9-4-13(18)10(2)3-12(9)17-7-11-5-15-16(6-14(11)19)21-8-20-15/h3-6,17-19H,7-8H2,1-2H3. The van der Waals surface area contributed by atoms with Crippen molar-refractivity contribution >= 4 is 5.69 Å². The van der Waals surface area contributed by atoms with E-state index in [0.717, 1.165) is 22.4 Å². The van der Waals surface area contributed by atoms with Crippen molar-refractivity contribution in [1.29, 1.82) is 0 Å². The van der Waals surface area contributed by atoms with Gasteiger partial charge in [-0.3, -0.25) is 0 Å². The van der Waals surface area contributed by atoms with Crippen LogP contribution < -0.4 is 14.8 Å². The molecule has 0 bridgehead atoms. The van der Waals surface area contributed by atoms with Crippen LogP contribution in [0.1, 0.15) is 16.7 Å². The summed E-state index contributed by atoms with van der Waals surface area (Å²) < 4.78 is 10.5. The zero-order chi connectivity index (χ0) is 15.0. The van der Waals surface area contributed by atoms with E-state index in [2.05, 4.69) is 5.32 Å². The third-order valence-corrected chi connectivity index (χ3v) is 3.59. The third kappa shape index (κ3) is 2.54. The number of anilines is 1. The fourth-order valence-electron chi connectivity index (χ4n) is 2.30. The first-order chi connectivity index (χ1) is 10.0. The molecule has 0 amide bonds. The van der Waals surface area contributed by atoms with Crippen molar-refractivity contribution < 1.29 is 19.7 Å². The number of hydrogen-bond donors (Lipinski definition) is 3. The first kappa shape index (κ1) is 13.4. The van der Waals surface area contributed by atoms with Crippen LogP contribution in [0.4, 0.5) is 5.69 Å². The molecule has 3 rings (SSSR count). The number of phenols is 2. The summed E-state index contributed by atoms with van der Waals surface area (Å²) in [5.41, 5.74) is 3.39. The van der Waals surface area contributed by atoms with Gasteiger partial charge in [-0.2, -0.15) is 0 Å². The van der Waals surface area contributed by atoms with E-state index in [9.17, 15) is 10.2 Å². The smallest absolute Gasteiger partial charge is 0.231 e. The van der Waals surface area contributed by atoms with Gasteiger partial charge in [-0.25, -0.2) is 0 Å². The Hall–Kier alpha value is -2.56. The van der Waals surface area contributed by atoms with Crippen LogP contribution in [0, 0.1) is 13.8 Å². The lowest BCUT2D eigenvalue weighted by Crippen LogP contribution is -2.02. The Labute approximate surface area is 122 Å². The summed E-state index contributed by atoms with van der Waals surface area (Å²) in [6, 6.07) is 6.94. The summed E-state index contributed by atoms with van der Waals surface area (Å²) in [4.78, 5) is 0. The number of rotatable bonds is 3. The zero-order valence-electron chi connectivity index (χ0n) is 11.9. The van der Waals surface area contributed by atoms with Gasteiger partial charge in [0.2, 0.25) is 6.79 Å². The largest absolute Gasteiger partial charge is 0.508 e. The summed E-state index contributed by atoms with van der Waals surface area (Å²) in [5, 5.41) is 22.9. The Morgan fingerprint density at radius 2 is 1.67 bits per heavy atom. The monoisotopic (exact) mass is 287 g/mol. The van der Waals surface area contributed by atoms with Gasteiger partial charge in [0.25, 0.3) is 0 Å². The number of aryl methyl sites for hydroxylation is 2. The first-order valence-corrected chi connectivity index (χ1v) is 6.70. The van der Waals surface area contributed by atoms with Gasteiger partial charge < -0.3 is 25.0 Å². The highest BCUT2D eigenvalue weighted by molar-refractivity contribution is 5.58. The highest BCUT2D eigenvalue weighted by Gasteiger charge is 2.17. The maximum atomic E-state index is 10.0. The minimum absolute atomic E-state index is 0.167. The minimum atomic E-state index is 0.167. The molecule has 0 unspecified atom stereocenters. The summed E-state index contributed by atoms with van der Waals surface area (Å²) in [5.74, 6) is 1.65. The number of ether oxygens (including phenoxy) is 2. The Morgan fingerprint density at radius 3 is 2.43 bits per heavy atom. The second-order valence-corrected chi connectivity index (χ2v) is 5.14. The normalized spacial score (nSPS) is 12.5. The molecule has 0 radical (unpaired) electrons. The van der Waals surface area contributed by atoms with Crippen LogP contribution in [0.5, 0.6) is 23.0 Å². The van der Waals surface area contributed by atoms with E-state index < -0.39 is 0 Å². The number of hydrogen-bond acceptors (Lipinski definition) is 5. The minimum Gasteiger partial charge on any atom is -0.508 e. The Kier molecular flexibility index (Phi) is 3.25. The number of fused-ring (bicyclic) bond motifs is 1. The van der Waals surface area contributed by atoms with Gasteiger partial charge in [-0.15, -0.1) is 0 Å². The fraction of sp³-hybridized carbons (Fsp3) is 0.250. The number of benzene rings is 2. The summed E-state index contributed by atoms with van der Waals surface area (Å²) in [6.07, 6.45) is 0. The second-order valence-electron chi connectivity index (χ2n) is 5.14. The van der Waals surface area contributed by atoms with Crippen LogP contribution in [0.2, 0.25) is 0 Å². The maximum Gasteiger partial charge on any atom is 0.231 e. The molecule has 0 saturated carbocycles. The molecule has 0 aliphatic carbocycles. The molecule has 0 spiro atoms. The van der Waals surface area contributed by atoms with E-state index in [0.29, 0.717) is 18.0 Å². The SMILES string of the molecule is Cc1cc(NCc2cc3c(cc2O)OCO3)c(C)cc1O. The third-order valence-electron chi connectivity index (χ3n) is 3.59. The molecule has 0 atom stereocenters. The van der Waals surface area contributed by atoms with E-state index in [4.69, 9.17) is 9.47 Å². The topological polar surface area (TPSA) is 71.0 Å². The number of nitrogens with one attached hydrogen (secondary N) is 1. The Morgan fingerprint density at radius 1 is 0.952 bits per heavy atom. The second kappa shape index (κ2) is 5.09. The molecule has 1 aliphatic rings. The van der Waals surface area contributed by atoms with Crippen molar-refractivity contribution in [2.75, 3.05) is 12.1 Å². The molecule has 110 valence electrons. The molecule has 1 aliphatic heterocycles. The van der Waals surface area contributed by atoms with Crippen LogP contribution in [-0.2, 0) is 6.54 Å². The molecule has 0 aromatic heterocycles. The molecular formula is C16H17NO4. The van der Waals surface area contributed by atoms with Crippen LogP contribution in [0.3, 0.4) is 0 Å². The molecule has 5 nitrogen and oxygen atoms in total. The van der Waals surface area contributed by atoms with Crippen LogP contribution in [-0.4, -0.2) is 17.0 Å². The lowest BCUT2D eigenvalue weighted by molar-refractivity contribution is 0.174. The Balaban J connectivity index is 1.81. The van der Waals surface area contributed by atoms with Crippen LogP contribution >= 0.6 is 0 Å². The summed E-state index contributed by atoms with van der Waals surface area (Å²) >= 11 is 0. The van der Waals surface area contributed by atoms with E-state index >= 15 is 0 Å². The van der Waals surface area contributed by atoms with E-state index in [1.54, 1.807) is 18.2 Å². The fourth-order valence-corrected chi connectivity index (χ4v) is 2.30. The highest BCUT2D eigenvalue weighted by Crippen LogP contribution is 2.38. The molecule has 21 heavy (non-hydrogen) atoms. The van der Waals surface area contributed by atoms with Gasteiger partial charge in [0, 0.05) is 23.9 Å². The predicted octanol–water partition coefficient (Wildman–Crippen LogP) is 3.06. The van der Waals surface area contributed by atoms with Gasteiger partial charge in [-0.05, 0) is 43.2 Å². The molecule has 0 saturated heterocycles. The van der Waals surface area contributed by atoms with E-state index in [-0.39, 0.29) is 18.3 Å².